The van der Waals surface area contributed by atoms with E-state index in [2.05, 4.69) is 10.1 Å². The first kappa shape index (κ1) is 10.7. The average molecular weight is 219 g/mol. The molecule has 0 radical (unpaired) electrons. The van der Waals surface area contributed by atoms with Gasteiger partial charge in [0.25, 0.3) is 0 Å². The van der Waals surface area contributed by atoms with E-state index < -0.39 is 5.41 Å². The van der Waals surface area contributed by atoms with Gasteiger partial charge >= 0.3 is 5.97 Å². The quantitative estimate of drug-likeness (QED) is 0.766. The largest absolute Gasteiger partial charge is 0.469 e. The van der Waals surface area contributed by atoms with E-state index in [1.165, 1.54) is 7.11 Å². The van der Waals surface area contributed by atoms with Gasteiger partial charge in [-0.1, -0.05) is 18.2 Å². The van der Waals surface area contributed by atoms with Gasteiger partial charge in [-0.15, -0.1) is 0 Å². The number of anilines is 1. The van der Waals surface area contributed by atoms with Crippen molar-refractivity contribution in [2.45, 2.75) is 18.8 Å². The number of para-hydroxylation sites is 1. The molecule has 2 rings (SSSR count). The van der Waals surface area contributed by atoms with Crippen molar-refractivity contribution in [3.05, 3.63) is 29.8 Å². The third kappa shape index (κ3) is 1.46. The lowest BCUT2D eigenvalue weighted by molar-refractivity contribution is -0.143. The molecule has 84 valence electrons. The number of fused-ring (bicyclic) bond motifs is 1. The first-order valence-corrected chi connectivity index (χ1v) is 5.06. The SMILES string of the molecule is COC(=O)CC1(C)C(=O)Nc2ccccc21. The number of esters is 1. The van der Waals surface area contributed by atoms with Gasteiger partial charge in [0.2, 0.25) is 5.91 Å². The molecule has 1 aliphatic heterocycles. The summed E-state index contributed by atoms with van der Waals surface area (Å²) in [7, 11) is 1.32. The standard InChI is InChI=1S/C12H13NO3/c1-12(7-10(14)16-2)8-5-3-4-6-9(8)13-11(12)15/h3-6H,7H2,1-2H3,(H,13,15). The van der Waals surface area contributed by atoms with Crippen molar-refractivity contribution in [3.8, 4) is 0 Å². The van der Waals surface area contributed by atoms with Crippen LogP contribution in [0.2, 0.25) is 0 Å². The molecular formula is C12H13NO3. The van der Waals surface area contributed by atoms with Gasteiger partial charge in [-0.25, -0.2) is 0 Å². The van der Waals surface area contributed by atoms with Gasteiger partial charge < -0.3 is 10.1 Å². The zero-order chi connectivity index (χ0) is 11.8. The van der Waals surface area contributed by atoms with Crippen LogP contribution >= 0.6 is 0 Å². The van der Waals surface area contributed by atoms with Crippen molar-refractivity contribution < 1.29 is 14.3 Å². The Morgan fingerprint density at radius 3 is 2.81 bits per heavy atom. The first-order valence-electron chi connectivity index (χ1n) is 5.06. The van der Waals surface area contributed by atoms with E-state index >= 15 is 0 Å². The van der Waals surface area contributed by atoms with E-state index in [1.807, 2.05) is 24.3 Å². The minimum atomic E-state index is -0.816. The molecule has 1 atom stereocenters. The highest BCUT2D eigenvalue weighted by Crippen LogP contribution is 2.39. The smallest absolute Gasteiger partial charge is 0.306 e. The Hall–Kier alpha value is -1.84. The van der Waals surface area contributed by atoms with E-state index in [1.54, 1.807) is 6.92 Å². The van der Waals surface area contributed by atoms with Gasteiger partial charge in [0, 0.05) is 5.69 Å². The van der Waals surface area contributed by atoms with Crippen LogP contribution in [0.1, 0.15) is 18.9 Å². The summed E-state index contributed by atoms with van der Waals surface area (Å²) in [5.41, 5.74) is 0.813. The molecule has 0 bridgehead atoms. The minimum Gasteiger partial charge on any atom is -0.469 e. The van der Waals surface area contributed by atoms with Crippen molar-refractivity contribution in [1.29, 1.82) is 0 Å². The first-order chi connectivity index (χ1) is 7.58. The summed E-state index contributed by atoms with van der Waals surface area (Å²) in [6.45, 7) is 1.76. The summed E-state index contributed by atoms with van der Waals surface area (Å²) in [6, 6.07) is 7.39. The van der Waals surface area contributed by atoms with Gasteiger partial charge in [0.1, 0.15) is 0 Å². The number of amides is 1. The van der Waals surface area contributed by atoms with Crippen LogP contribution in [-0.4, -0.2) is 19.0 Å². The summed E-state index contributed by atoms with van der Waals surface area (Å²) in [6.07, 6.45) is 0.0619. The fourth-order valence-electron chi connectivity index (χ4n) is 1.99. The number of benzene rings is 1. The predicted molar refractivity (Wildman–Crippen MR) is 59.1 cm³/mol. The van der Waals surface area contributed by atoms with Crippen molar-refractivity contribution >= 4 is 17.6 Å². The van der Waals surface area contributed by atoms with E-state index in [9.17, 15) is 9.59 Å². The number of ether oxygens (including phenoxy) is 1. The summed E-state index contributed by atoms with van der Waals surface area (Å²) < 4.78 is 4.62. The highest BCUT2D eigenvalue weighted by molar-refractivity contribution is 6.07. The number of hydrogen-bond donors (Lipinski definition) is 1. The van der Waals surface area contributed by atoms with Crippen LogP contribution in [-0.2, 0) is 19.7 Å². The van der Waals surface area contributed by atoms with E-state index in [0.717, 1.165) is 11.3 Å². The Labute approximate surface area is 93.6 Å². The van der Waals surface area contributed by atoms with Crippen LogP contribution in [0.5, 0.6) is 0 Å². The van der Waals surface area contributed by atoms with Gasteiger partial charge in [-0.3, -0.25) is 9.59 Å². The molecule has 0 aliphatic carbocycles. The lowest BCUT2D eigenvalue weighted by Crippen LogP contribution is -2.33. The second-order valence-electron chi connectivity index (χ2n) is 4.08. The maximum atomic E-state index is 11.9. The maximum Gasteiger partial charge on any atom is 0.306 e. The molecule has 0 fully saturated rings. The number of hydrogen-bond acceptors (Lipinski definition) is 3. The van der Waals surface area contributed by atoms with Crippen LogP contribution in [0.4, 0.5) is 5.69 Å². The summed E-state index contributed by atoms with van der Waals surface area (Å²) >= 11 is 0. The number of carbonyl (C=O) groups is 2. The number of methoxy groups -OCH3 is 1. The summed E-state index contributed by atoms with van der Waals surface area (Å²) in [5.74, 6) is -0.534. The highest BCUT2D eigenvalue weighted by atomic mass is 16.5. The Morgan fingerprint density at radius 1 is 1.44 bits per heavy atom. The van der Waals surface area contributed by atoms with Gasteiger partial charge in [0.15, 0.2) is 0 Å². The normalized spacial score (nSPS) is 22.5. The van der Waals surface area contributed by atoms with Gasteiger partial charge in [-0.2, -0.15) is 0 Å². The van der Waals surface area contributed by atoms with Crippen LogP contribution in [0.3, 0.4) is 0 Å². The predicted octanol–water partition coefficient (Wildman–Crippen LogP) is 1.46. The molecule has 0 spiro atoms. The monoisotopic (exact) mass is 219 g/mol. The number of nitrogens with one attached hydrogen (secondary N) is 1. The molecule has 1 amide bonds. The van der Waals surface area contributed by atoms with Crippen molar-refractivity contribution in [3.63, 3.8) is 0 Å². The van der Waals surface area contributed by atoms with Crippen LogP contribution in [0, 0.1) is 0 Å². The molecule has 16 heavy (non-hydrogen) atoms. The van der Waals surface area contributed by atoms with Crippen molar-refractivity contribution in [2.75, 3.05) is 12.4 Å². The topological polar surface area (TPSA) is 55.4 Å². The van der Waals surface area contributed by atoms with Gasteiger partial charge in [-0.05, 0) is 18.6 Å². The molecule has 1 heterocycles. The Kier molecular flexibility index (Phi) is 2.42. The van der Waals surface area contributed by atoms with E-state index in [-0.39, 0.29) is 18.3 Å². The molecule has 1 aromatic carbocycles. The third-order valence-corrected chi connectivity index (χ3v) is 3.00. The molecule has 1 unspecified atom stereocenters. The van der Waals surface area contributed by atoms with E-state index in [0.29, 0.717) is 0 Å². The minimum absolute atomic E-state index is 0.0619. The number of carbonyl (C=O) groups excluding carboxylic acids is 2. The zero-order valence-corrected chi connectivity index (χ0v) is 9.24. The fourth-order valence-corrected chi connectivity index (χ4v) is 1.99. The molecule has 1 aromatic rings. The van der Waals surface area contributed by atoms with Crippen LogP contribution in [0.15, 0.2) is 24.3 Å². The summed E-state index contributed by atoms with van der Waals surface area (Å²) in [4.78, 5) is 23.2. The molecule has 1 N–H and O–H groups in total. The van der Waals surface area contributed by atoms with Gasteiger partial charge in [0.05, 0.1) is 18.9 Å². The Balaban J connectivity index is 2.40. The molecule has 1 aliphatic rings. The third-order valence-electron chi connectivity index (χ3n) is 3.00. The van der Waals surface area contributed by atoms with Crippen LogP contribution < -0.4 is 5.32 Å². The molecule has 0 saturated heterocycles. The Bertz CT molecular complexity index is 455. The van der Waals surface area contributed by atoms with Crippen molar-refractivity contribution in [2.24, 2.45) is 0 Å². The average Bonchev–Trinajstić information content (AvgIpc) is 2.52. The maximum absolute atomic E-state index is 11.9. The molecule has 4 nitrogen and oxygen atoms in total. The lowest BCUT2D eigenvalue weighted by atomic mass is 9.81. The Morgan fingerprint density at radius 2 is 2.12 bits per heavy atom. The molecule has 4 heteroatoms. The van der Waals surface area contributed by atoms with Crippen molar-refractivity contribution in [1.82, 2.24) is 0 Å². The molecular weight excluding hydrogens is 206 g/mol. The van der Waals surface area contributed by atoms with E-state index in [4.69, 9.17) is 0 Å². The number of rotatable bonds is 2. The molecule has 0 aromatic heterocycles. The highest BCUT2D eigenvalue weighted by Gasteiger charge is 2.44. The second kappa shape index (κ2) is 3.63. The summed E-state index contributed by atoms with van der Waals surface area (Å²) in [5, 5.41) is 2.77. The second-order valence-corrected chi connectivity index (χ2v) is 4.08. The fraction of sp³-hybridized carbons (Fsp3) is 0.333. The zero-order valence-electron chi connectivity index (χ0n) is 9.24. The lowest BCUT2D eigenvalue weighted by Gasteiger charge is -2.20. The molecule has 0 saturated carbocycles. The van der Waals surface area contributed by atoms with Crippen LogP contribution in [0.25, 0.3) is 0 Å².